The number of nitro groups is 1. The topological polar surface area (TPSA) is 98.5 Å². The number of anilines is 1. The highest BCUT2D eigenvalue weighted by molar-refractivity contribution is 5.94. The van der Waals surface area contributed by atoms with E-state index >= 15 is 0 Å². The maximum atomic E-state index is 13.0. The molecule has 1 aromatic carbocycles. The number of rotatable bonds is 7. The van der Waals surface area contributed by atoms with Gasteiger partial charge in [0, 0.05) is 17.5 Å². The van der Waals surface area contributed by atoms with Crippen LogP contribution in [0.25, 0.3) is 0 Å². The van der Waals surface area contributed by atoms with E-state index in [1.54, 1.807) is 6.07 Å². The van der Waals surface area contributed by atoms with Crippen LogP contribution < -0.4 is 5.32 Å². The number of ketones is 1. The van der Waals surface area contributed by atoms with Crippen LogP contribution in [0, 0.1) is 33.3 Å². The van der Waals surface area contributed by atoms with Gasteiger partial charge in [-0.25, -0.2) is 4.79 Å². The second-order valence-electron chi connectivity index (χ2n) is 9.60. The minimum atomic E-state index is -0.677. The van der Waals surface area contributed by atoms with Gasteiger partial charge in [0.1, 0.15) is 5.69 Å². The van der Waals surface area contributed by atoms with Crippen molar-refractivity contribution in [1.82, 2.24) is 0 Å². The molecule has 0 saturated heterocycles. The van der Waals surface area contributed by atoms with Crippen molar-refractivity contribution < 1.29 is 19.2 Å². The summed E-state index contributed by atoms with van der Waals surface area (Å²) in [4.78, 5) is 36.4. The van der Waals surface area contributed by atoms with Gasteiger partial charge in [-0.15, -0.1) is 0 Å². The Bertz CT molecular complexity index is 841. The average molecular weight is 398 g/mol. The number of nitrogens with one attached hydrogen (secondary N) is 1. The van der Waals surface area contributed by atoms with Gasteiger partial charge in [-0.05, 0) is 81.3 Å². The lowest BCUT2D eigenvalue weighted by atomic mass is 9.48. The van der Waals surface area contributed by atoms with Crippen LogP contribution in [0.15, 0.2) is 18.2 Å². The highest BCUT2D eigenvalue weighted by Crippen LogP contribution is 2.60. The zero-order valence-corrected chi connectivity index (χ0v) is 16.4. The quantitative estimate of drug-likeness (QED) is 0.422. The molecule has 5 aliphatic rings. The van der Waals surface area contributed by atoms with Crippen molar-refractivity contribution in [2.75, 3.05) is 11.9 Å². The van der Waals surface area contributed by atoms with E-state index in [9.17, 15) is 19.7 Å². The molecule has 1 aromatic rings. The maximum absolute atomic E-state index is 13.0. The second-order valence-corrected chi connectivity index (χ2v) is 9.60. The highest BCUT2D eigenvalue weighted by Gasteiger charge is 2.54. The Kier molecular flexibility index (Phi) is 4.37. The van der Waals surface area contributed by atoms with E-state index in [1.807, 2.05) is 0 Å². The molecule has 29 heavy (non-hydrogen) atoms. The van der Waals surface area contributed by atoms with Gasteiger partial charge in [0.05, 0.1) is 10.5 Å². The lowest BCUT2D eigenvalue weighted by Crippen LogP contribution is -2.51. The molecule has 5 fully saturated rings. The van der Waals surface area contributed by atoms with Crippen molar-refractivity contribution in [3.63, 3.8) is 0 Å². The lowest BCUT2D eigenvalue weighted by molar-refractivity contribution is -0.384. The van der Waals surface area contributed by atoms with E-state index in [4.69, 9.17) is 4.74 Å². The number of nitrogens with zero attached hydrogens (tertiary/aromatic N) is 1. The molecule has 0 aliphatic heterocycles. The molecule has 4 bridgehead atoms. The third kappa shape index (κ3) is 3.51. The summed E-state index contributed by atoms with van der Waals surface area (Å²) in [7, 11) is 0. The van der Waals surface area contributed by atoms with E-state index < -0.39 is 10.9 Å². The standard InChI is InChI=1S/C22H26N2O5/c25-20(22-9-13-5-14(10-22)7-15(6-13)11-22)12-29-21(26)16-1-4-18(23-17-2-3-17)19(8-16)24(27)28/h1,4,8,13-15,17,23H,2-3,5-7,9-12H2. The van der Waals surface area contributed by atoms with Crippen LogP contribution in [-0.2, 0) is 9.53 Å². The summed E-state index contributed by atoms with van der Waals surface area (Å²) in [5, 5.41) is 14.5. The average Bonchev–Trinajstić information content (AvgIpc) is 3.49. The zero-order chi connectivity index (χ0) is 20.2. The molecule has 0 aromatic heterocycles. The van der Waals surface area contributed by atoms with Crippen LogP contribution in [0.4, 0.5) is 11.4 Å². The molecule has 1 N–H and O–H groups in total. The Balaban J connectivity index is 1.25. The molecule has 0 spiro atoms. The third-order valence-corrected chi connectivity index (χ3v) is 7.33. The van der Waals surface area contributed by atoms with Crippen molar-refractivity contribution in [3.05, 3.63) is 33.9 Å². The fourth-order valence-electron chi connectivity index (χ4n) is 6.20. The molecule has 154 valence electrons. The number of benzene rings is 1. The molecule has 7 nitrogen and oxygen atoms in total. The van der Waals surface area contributed by atoms with Gasteiger partial charge >= 0.3 is 5.97 Å². The smallest absolute Gasteiger partial charge is 0.338 e. The number of nitro benzene ring substituents is 1. The van der Waals surface area contributed by atoms with Crippen molar-refractivity contribution in [3.8, 4) is 0 Å². The Morgan fingerprint density at radius 2 is 1.72 bits per heavy atom. The predicted octanol–water partition coefficient (Wildman–Crippen LogP) is 4.11. The minimum Gasteiger partial charge on any atom is -0.454 e. The van der Waals surface area contributed by atoms with Crippen molar-refractivity contribution in [2.24, 2.45) is 23.2 Å². The number of carbonyl (C=O) groups is 2. The van der Waals surface area contributed by atoms with Gasteiger partial charge in [0.25, 0.3) is 5.69 Å². The Morgan fingerprint density at radius 3 is 2.28 bits per heavy atom. The first-order valence-electron chi connectivity index (χ1n) is 10.7. The van der Waals surface area contributed by atoms with Gasteiger partial charge < -0.3 is 10.1 Å². The number of Topliss-reactive ketones (excluding diaryl/α,β-unsaturated/α-hetero) is 1. The first kappa shape index (κ1) is 18.6. The second kappa shape index (κ2) is 6.82. The normalized spacial score (nSPS) is 32.1. The predicted molar refractivity (Wildman–Crippen MR) is 106 cm³/mol. The maximum Gasteiger partial charge on any atom is 0.338 e. The van der Waals surface area contributed by atoms with Gasteiger partial charge in [0.2, 0.25) is 0 Å². The van der Waals surface area contributed by atoms with Gasteiger partial charge in [-0.1, -0.05) is 0 Å². The Labute approximate surface area is 169 Å². The van der Waals surface area contributed by atoms with Gasteiger partial charge in [-0.2, -0.15) is 0 Å². The van der Waals surface area contributed by atoms with E-state index in [2.05, 4.69) is 5.32 Å². The summed E-state index contributed by atoms with van der Waals surface area (Å²) in [5.74, 6) is 1.30. The third-order valence-electron chi connectivity index (χ3n) is 7.33. The van der Waals surface area contributed by atoms with Crippen LogP contribution in [0.2, 0.25) is 0 Å². The molecule has 0 radical (unpaired) electrons. The Hall–Kier alpha value is -2.44. The van der Waals surface area contributed by atoms with Crippen LogP contribution in [0.3, 0.4) is 0 Å². The fraction of sp³-hybridized carbons (Fsp3) is 0.636. The Morgan fingerprint density at radius 1 is 1.10 bits per heavy atom. The largest absolute Gasteiger partial charge is 0.454 e. The summed E-state index contributed by atoms with van der Waals surface area (Å²) in [6, 6.07) is 4.58. The van der Waals surface area contributed by atoms with E-state index in [0.717, 1.165) is 32.1 Å². The number of carbonyl (C=O) groups excluding carboxylic acids is 2. The van der Waals surface area contributed by atoms with Gasteiger partial charge in [0.15, 0.2) is 12.4 Å². The van der Waals surface area contributed by atoms with Crippen molar-refractivity contribution >= 4 is 23.1 Å². The van der Waals surface area contributed by atoms with Crippen molar-refractivity contribution in [1.29, 1.82) is 0 Å². The molecule has 0 amide bonds. The fourth-order valence-corrected chi connectivity index (χ4v) is 6.20. The molecular weight excluding hydrogens is 372 g/mol. The summed E-state index contributed by atoms with van der Waals surface area (Å²) < 4.78 is 5.32. The number of esters is 1. The van der Waals surface area contributed by atoms with Crippen LogP contribution >= 0.6 is 0 Å². The van der Waals surface area contributed by atoms with Crippen LogP contribution in [0.1, 0.15) is 61.7 Å². The SMILES string of the molecule is O=C(OCC(=O)C12CC3CC(CC(C3)C1)C2)c1ccc(NC2CC2)c([N+](=O)[O-])c1. The molecule has 6 rings (SSSR count). The van der Waals surface area contributed by atoms with E-state index in [-0.39, 0.29) is 35.1 Å². The lowest BCUT2D eigenvalue weighted by Gasteiger charge is -2.55. The summed E-state index contributed by atoms with van der Waals surface area (Å²) in [6.45, 7) is -0.235. The first-order valence-corrected chi connectivity index (χ1v) is 10.7. The first-order chi connectivity index (χ1) is 13.9. The highest BCUT2D eigenvalue weighted by atomic mass is 16.6. The van der Waals surface area contributed by atoms with E-state index in [1.165, 1.54) is 31.4 Å². The van der Waals surface area contributed by atoms with Crippen LogP contribution in [0.5, 0.6) is 0 Å². The monoisotopic (exact) mass is 398 g/mol. The summed E-state index contributed by atoms with van der Waals surface area (Å²) in [6.07, 6.45) is 8.53. The molecule has 5 aliphatic carbocycles. The van der Waals surface area contributed by atoms with Gasteiger partial charge in [-0.3, -0.25) is 14.9 Å². The molecule has 0 heterocycles. The molecule has 0 atom stereocenters. The number of hydrogen-bond acceptors (Lipinski definition) is 6. The number of hydrogen-bond donors (Lipinski definition) is 1. The van der Waals surface area contributed by atoms with E-state index in [0.29, 0.717) is 23.4 Å². The zero-order valence-electron chi connectivity index (χ0n) is 16.4. The minimum absolute atomic E-state index is 0.0338. The molecular formula is C22H26N2O5. The van der Waals surface area contributed by atoms with Crippen LogP contribution in [-0.4, -0.2) is 29.3 Å². The van der Waals surface area contributed by atoms with Crippen molar-refractivity contribution in [2.45, 2.75) is 57.4 Å². The number of ether oxygens (including phenoxy) is 1. The summed E-state index contributed by atoms with van der Waals surface area (Å²) >= 11 is 0. The molecule has 7 heteroatoms. The molecule has 5 saturated carbocycles. The summed E-state index contributed by atoms with van der Waals surface area (Å²) in [5.41, 5.74) is 0.0767. The molecule has 0 unspecified atom stereocenters.